The standard InChI is InChI=1S/C26H33ClN4O4/c1-14-8-18(12-33-14)9-23-15(2)25(24-16(3)31-35-17(24)4)30-26(29-23)21-10-20(6-7-22(21)27)34-13-19(32)11-28-5/h6-7,10,14,18-19,28,32H,8-9,11-13H2,1-5H3/t14-,18-,19-/m1/s1. The fraction of sp³-hybridized carbons (Fsp3) is 0.500. The van der Waals surface area contributed by atoms with Gasteiger partial charge in [-0.05, 0) is 77.3 Å². The molecule has 1 aliphatic heterocycles. The van der Waals surface area contributed by atoms with Gasteiger partial charge >= 0.3 is 0 Å². The van der Waals surface area contributed by atoms with Crippen molar-refractivity contribution >= 4 is 11.6 Å². The lowest BCUT2D eigenvalue weighted by Crippen LogP contribution is -2.29. The second-order valence-electron chi connectivity index (χ2n) is 9.28. The Labute approximate surface area is 211 Å². The van der Waals surface area contributed by atoms with Crippen molar-refractivity contribution in [3.05, 3.63) is 45.9 Å². The molecule has 0 radical (unpaired) electrons. The van der Waals surface area contributed by atoms with Gasteiger partial charge in [-0.1, -0.05) is 16.8 Å². The summed E-state index contributed by atoms with van der Waals surface area (Å²) < 4.78 is 17.1. The first-order chi connectivity index (χ1) is 16.8. The molecule has 0 unspecified atom stereocenters. The summed E-state index contributed by atoms with van der Waals surface area (Å²) in [6.45, 7) is 9.27. The van der Waals surface area contributed by atoms with Crippen LogP contribution in [0.1, 0.15) is 36.1 Å². The number of aliphatic hydroxyl groups excluding tert-OH is 1. The lowest BCUT2D eigenvalue weighted by Gasteiger charge is -2.16. The van der Waals surface area contributed by atoms with Crippen LogP contribution in [0, 0.1) is 26.7 Å². The topological polar surface area (TPSA) is 103 Å². The molecule has 1 aromatic carbocycles. The highest BCUT2D eigenvalue weighted by molar-refractivity contribution is 6.33. The summed E-state index contributed by atoms with van der Waals surface area (Å²) in [5.74, 6) is 2.20. The zero-order valence-electron chi connectivity index (χ0n) is 20.9. The summed E-state index contributed by atoms with van der Waals surface area (Å²) in [4.78, 5) is 9.91. The quantitative estimate of drug-likeness (QED) is 0.448. The van der Waals surface area contributed by atoms with Crippen molar-refractivity contribution in [3.8, 4) is 28.4 Å². The van der Waals surface area contributed by atoms with Crippen LogP contribution in [0.3, 0.4) is 0 Å². The molecule has 4 rings (SSSR count). The molecular formula is C26H33ClN4O4. The van der Waals surface area contributed by atoms with Crippen molar-refractivity contribution in [2.24, 2.45) is 5.92 Å². The van der Waals surface area contributed by atoms with E-state index in [1.54, 1.807) is 19.2 Å². The third-order valence-electron chi connectivity index (χ3n) is 6.34. The maximum absolute atomic E-state index is 10.0. The molecule has 9 heteroatoms. The van der Waals surface area contributed by atoms with Crippen molar-refractivity contribution in [3.63, 3.8) is 0 Å². The summed E-state index contributed by atoms with van der Waals surface area (Å²) in [5.41, 5.74) is 5.07. The minimum atomic E-state index is -0.622. The van der Waals surface area contributed by atoms with Crippen molar-refractivity contribution in [1.29, 1.82) is 0 Å². The Balaban J connectivity index is 1.76. The van der Waals surface area contributed by atoms with Crippen molar-refractivity contribution < 1.29 is 19.1 Å². The first-order valence-electron chi connectivity index (χ1n) is 11.9. The zero-order valence-corrected chi connectivity index (χ0v) is 21.6. The van der Waals surface area contributed by atoms with Gasteiger partial charge in [0.2, 0.25) is 0 Å². The average Bonchev–Trinajstić information content (AvgIpc) is 3.39. The highest BCUT2D eigenvalue weighted by atomic mass is 35.5. The number of nitrogens with one attached hydrogen (secondary N) is 1. The van der Waals surface area contributed by atoms with E-state index in [4.69, 9.17) is 35.6 Å². The highest BCUT2D eigenvalue weighted by Crippen LogP contribution is 2.36. The number of nitrogens with zero attached hydrogens (tertiary/aromatic N) is 3. The molecular weight excluding hydrogens is 468 g/mol. The Morgan fingerprint density at radius 3 is 2.71 bits per heavy atom. The number of hydrogen-bond donors (Lipinski definition) is 2. The number of aryl methyl sites for hydroxylation is 2. The van der Waals surface area contributed by atoms with E-state index < -0.39 is 6.10 Å². The number of hydrogen-bond acceptors (Lipinski definition) is 8. The van der Waals surface area contributed by atoms with E-state index in [-0.39, 0.29) is 12.7 Å². The molecule has 3 atom stereocenters. The van der Waals surface area contributed by atoms with Gasteiger partial charge in [-0.25, -0.2) is 9.97 Å². The Kier molecular flexibility index (Phi) is 8.06. The van der Waals surface area contributed by atoms with Gasteiger partial charge in [-0.3, -0.25) is 0 Å². The van der Waals surface area contributed by atoms with Crippen molar-refractivity contribution in [2.45, 2.75) is 52.7 Å². The lowest BCUT2D eigenvalue weighted by atomic mass is 9.95. The summed E-state index contributed by atoms with van der Waals surface area (Å²) in [6, 6.07) is 5.36. The molecule has 1 aliphatic rings. The fourth-order valence-electron chi connectivity index (χ4n) is 4.52. The Hall–Kier alpha value is -2.52. The van der Waals surface area contributed by atoms with Crippen LogP contribution < -0.4 is 10.1 Å². The highest BCUT2D eigenvalue weighted by Gasteiger charge is 2.26. The first-order valence-corrected chi connectivity index (χ1v) is 12.3. The number of rotatable bonds is 9. The monoisotopic (exact) mass is 500 g/mol. The van der Waals surface area contributed by atoms with Crippen LogP contribution >= 0.6 is 11.6 Å². The summed E-state index contributed by atoms with van der Waals surface area (Å²) >= 11 is 6.62. The van der Waals surface area contributed by atoms with Gasteiger partial charge < -0.3 is 24.4 Å². The molecule has 0 saturated carbocycles. The van der Waals surface area contributed by atoms with Crippen LogP contribution in [-0.2, 0) is 11.2 Å². The fourth-order valence-corrected chi connectivity index (χ4v) is 4.72. The predicted molar refractivity (Wildman–Crippen MR) is 135 cm³/mol. The molecule has 8 nitrogen and oxygen atoms in total. The van der Waals surface area contributed by atoms with Crippen LogP contribution in [0.25, 0.3) is 22.6 Å². The first kappa shape index (κ1) is 25.6. The minimum Gasteiger partial charge on any atom is -0.491 e. The molecule has 0 bridgehead atoms. The maximum atomic E-state index is 10.0. The Morgan fingerprint density at radius 2 is 2.06 bits per heavy atom. The number of aliphatic hydroxyl groups is 1. The zero-order chi connectivity index (χ0) is 25.1. The lowest BCUT2D eigenvalue weighted by molar-refractivity contribution is 0.108. The van der Waals surface area contributed by atoms with Crippen molar-refractivity contribution in [1.82, 2.24) is 20.4 Å². The van der Waals surface area contributed by atoms with Crippen LogP contribution in [0.2, 0.25) is 5.02 Å². The molecule has 2 aromatic heterocycles. The van der Waals surface area contributed by atoms with Gasteiger partial charge in [-0.15, -0.1) is 0 Å². The van der Waals surface area contributed by atoms with Gasteiger partial charge in [0.05, 0.1) is 34.7 Å². The molecule has 2 N–H and O–H groups in total. The molecule has 1 saturated heterocycles. The molecule has 1 fully saturated rings. The molecule has 3 aromatic rings. The maximum Gasteiger partial charge on any atom is 0.161 e. The van der Waals surface area contributed by atoms with Gasteiger partial charge in [0, 0.05) is 17.8 Å². The predicted octanol–water partition coefficient (Wildman–Crippen LogP) is 4.30. The van der Waals surface area contributed by atoms with Crippen LogP contribution in [0.5, 0.6) is 5.75 Å². The van der Waals surface area contributed by atoms with Gasteiger partial charge in [0.1, 0.15) is 24.2 Å². The van der Waals surface area contributed by atoms with Gasteiger partial charge in [-0.2, -0.15) is 0 Å². The number of likely N-dealkylation sites (N-methyl/N-ethyl adjacent to an activating group) is 1. The van der Waals surface area contributed by atoms with E-state index in [2.05, 4.69) is 17.4 Å². The Bertz CT molecular complexity index is 1160. The third kappa shape index (κ3) is 5.83. The minimum absolute atomic E-state index is 0.159. The summed E-state index contributed by atoms with van der Waals surface area (Å²) in [6.07, 6.45) is 1.42. The van der Waals surface area contributed by atoms with Gasteiger partial charge in [0.15, 0.2) is 5.82 Å². The van der Waals surface area contributed by atoms with Crippen molar-refractivity contribution in [2.75, 3.05) is 26.8 Å². The van der Waals surface area contributed by atoms with Gasteiger partial charge in [0.25, 0.3) is 0 Å². The number of ether oxygens (including phenoxy) is 2. The average molecular weight is 501 g/mol. The smallest absolute Gasteiger partial charge is 0.161 e. The molecule has 3 heterocycles. The molecule has 0 spiro atoms. The number of halogens is 1. The second-order valence-corrected chi connectivity index (χ2v) is 9.69. The number of benzene rings is 1. The normalized spacial score (nSPS) is 18.7. The van der Waals surface area contributed by atoms with E-state index in [1.165, 1.54) is 0 Å². The van der Waals surface area contributed by atoms with Crippen LogP contribution in [0.15, 0.2) is 22.7 Å². The van der Waals surface area contributed by atoms with E-state index in [0.717, 1.165) is 47.7 Å². The molecule has 188 valence electrons. The largest absolute Gasteiger partial charge is 0.491 e. The summed E-state index contributed by atoms with van der Waals surface area (Å²) in [7, 11) is 1.78. The molecule has 35 heavy (non-hydrogen) atoms. The van der Waals surface area contributed by atoms with E-state index in [0.29, 0.717) is 40.4 Å². The SMILES string of the molecule is CNC[C@@H](O)COc1ccc(Cl)c(-c2nc(C[C@@H]3CO[C@H](C)C3)c(C)c(-c3c(C)noc3C)n2)c1. The molecule has 0 amide bonds. The molecule has 0 aliphatic carbocycles. The Morgan fingerprint density at radius 1 is 1.26 bits per heavy atom. The third-order valence-corrected chi connectivity index (χ3v) is 6.67. The van der Waals surface area contributed by atoms with E-state index in [9.17, 15) is 5.11 Å². The van der Waals surface area contributed by atoms with E-state index in [1.807, 2.05) is 26.8 Å². The van der Waals surface area contributed by atoms with Crippen LogP contribution in [-0.4, -0.2) is 59.2 Å². The number of aromatic nitrogens is 3. The van der Waals surface area contributed by atoms with Crippen LogP contribution in [0.4, 0.5) is 0 Å². The van der Waals surface area contributed by atoms with E-state index >= 15 is 0 Å². The summed E-state index contributed by atoms with van der Waals surface area (Å²) in [5, 5.41) is 17.6. The second kappa shape index (κ2) is 11.0.